The average Bonchev–Trinajstić information content (AvgIpc) is 2.51. The number of rotatable bonds is 4. The number of nitrogens with one attached hydrogen (secondary N) is 1. The summed E-state index contributed by atoms with van der Waals surface area (Å²) in [6, 6.07) is 7.03. The third-order valence-corrected chi connectivity index (χ3v) is 4.90. The Morgan fingerprint density at radius 1 is 1.39 bits per heavy atom. The van der Waals surface area contributed by atoms with Crippen molar-refractivity contribution >= 4 is 9.84 Å². The first-order chi connectivity index (χ1) is 8.36. The van der Waals surface area contributed by atoms with Crippen molar-refractivity contribution in [3.8, 4) is 0 Å². The highest BCUT2D eigenvalue weighted by Gasteiger charge is 2.36. The molecule has 2 rings (SSSR count). The molecule has 18 heavy (non-hydrogen) atoms. The molecule has 0 fully saturated rings. The Kier molecular flexibility index (Phi) is 3.49. The Hall–Kier alpha value is -0.910. The van der Waals surface area contributed by atoms with Gasteiger partial charge < -0.3 is 10.1 Å². The zero-order chi connectivity index (χ0) is 13.4. The van der Waals surface area contributed by atoms with E-state index in [4.69, 9.17) is 4.74 Å². The van der Waals surface area contributed by atoms with Crippen molar-refractivity contribution in [2.75, 3.05) is 19.5 Å². The van der Waals surface area contributed by atoms with Crippen LogP contribution in [0.5, 0.6) is 0 Å². The SMILES string of the molecule is COCC(C)(C)NC1CS(=O)(=O)c2ccccc21. The Morgan fingerprint density at radius 3 is 2.72 bits per heavy atom. The molecule has 0 saturated heterocycles. The van der Waals surface area contributed by atoms with Crippen LogP contribution in [-0.2, 0) is 14.6 Å². The molecule has 0 spiro atoms. The second-order valence-corrected chi connectivity index (χ2v) is 7.34. The molecule has 1 N–H and O–H groups in total. The molecule has 0 saturated carbocycles. The van der Waals surface area contributed by atoms with Crippen molar-refractivity contribution in [2.45, 2.75) is 30.3 Å². The van der Waals surface area contributed by atoms with Crippen LogP contribution in [0, 0.1) is 0 Å². The van der Waals surface area contributed by atoms with Crippen molar-refractivity contribution in [3.63, 3.8) is 0 Å². The summed E-state index contributed by atoms with van der Waals surface area (Å²) < 4.78 is 29.2. The minimum Gasteiger partial charge on any atom is -0.383 e. The quantitative estimate of drug-likeness (QED) is 0.900. The first kappa shape index (κ1) is 13.5. The van der Waals surface area contributed by atoms with Gasteiger partial charge in [-0.1, -0.05) is 18.2 Å². The maximum atomic E-state index is 12.0. The average molecular weight is 269 g/mol. The molecule has 1 aromatic carbocycles. The number of hydrogen-bond donors (Lipinski definition) is 1. The lowest BCUT2D eigenvalue weighted by molar-refractivity contribution is 0.122. The largest absolute Gasteiger partial charge is 0.383 e. The smallest absolute Gasteiger partial charge is 0.180 e. The summed E-state index contributed by atoms with van der Waals surface area (Å²) in [6.45, 7) is 4.54. The van der Waals surface area contributed by atoms with E-state index in [0.717, 1.165) is 5.56 Å². The lowest BCUT2D eigenvalue weighted by Gasteiger charge is -2.29. The van der Waals surface area contributed by atoms with E-state index in [-0.39, 0.29) is 17.3 Å². The first-order valence-corrected chi connectivity index (χ1v) is 7.59. The Bertz CT molecular complexity index is 537. The van der Waals surface area contributed by atoms with Crippen LogP contribution in [0.1, 0.15) is 25.5 Å². The lowest BCUT2D eigenvalue weighted by Crippen LogP contribution is -2.45. The van der Waals surface area contributed by atoms with Crippen molar-refractivity contribution < 1.29 is 13.2 Å². The highest BCUT2D eigenvalue weighted by atomic mass is 32.2. The van der Waals surface area contributed by atoms with Crippen molar-refractivity contribution in [2.24, 2.45) is 0 Å². The van der Waals surface area contributed by atoms with E-state index in [9.17, 15) is 8.42 Å². The van der Waals surface area contributed by atoms with Gasteiger partial charge in [-0.2, -0.15) is 0 Å². The van der Waals surface area contributed by atoms with Gasteiger partial charge in [0, 0.05) is 18.7 Å². The summed E-state index contributed by atoms with van der Waals surface area (Å²) in [7, 11) is -1.50. The molecular weight excluding hydrogens is 250 g/mol. The molecule has 0 radical (unpaired) electrons. The second kappa shape index (κ2) is 4.64. The van der Waals surface area contributed by atoms with E-state index in [0.29, 0.717) is 11.5 Å². The van der Waals surface area contributed by atoms with Gasteiger partial charge in [0.05, 0.1) is 17.3 Å². The fraction of sp³-hybridized carbons (Fsp3) is 0.538. The van der Waals surface area contributed by atoms with Crippen molar-refractivity contribution in [3.05, 3.63) is 29.8 Å². The zero-order valence-corrected chi connectivity index (χ0v) is 11.8. The molecule has 0 aliphatic carbocycles. The summed E-state index contributed by atoms with van der Waals surface area (Å²) in [5.41, 5.74) is 0.605. The monoisotopic (exact) mass is 269 g/mol. The number of methoxy groups -OCH3 is 1. The molecule has 1 atom stereocenters. The van der Waals surface area contributed by atoms with Gasteiger partial charge in [-0.3, -0.25) is 0 Å². The van der Waals surface area contributed by atoms with Gasteiger partial charge in [0.2, 0.25) is 0 Å². The minimum atomic E-state index is -3.15. The van der Waals surface area contributed by atoms with Crippen LogP contribution in [0.4, 0.5) is 0 Å². The van der Waals surface area contributed by atoms with E-state index in [1.807, 2.05) is 26.0 Å². The molecule has 0 aromatic heterocycles. The van der Waals surface area contributed by atoms with E-state index in [1.165, 1.54) is 0 Å². The number of ether oxygens (including phenoxy) is 1. The molecule has 0 bridgehead atoms. The Labute approximate surface area is 108 Å². The lowest BCUT2D eigenvalue weighted by atomic mass is 10.0. The minimum absolute atomic E-state index is 0.124. The highest BCUT2D eigenvalue weighted by Crippen LogP contribution is 2.34. The van der Waals surface area contributed by atoms with Crippen molar-refractivity contribution in [1.29, 1.82) is 0 Å². The van der Waals surface area contributed by atoms with Crippen LogP contribution >= 0.6 is 0 Å². The second-order valence-electron chi connectivity index (χ2n) is 5.33. The number of sulfone groups is 1. The van der Waals surface area contributed by atoms with E-state index < -0.39 is 9.84 Å². The third kappa shape index (κ3) is 2.58. The van der Waals surface area contributed by atoms with Crippen LogP contribution in [-0.4, -0.2) is 33.4 Å². The summed E-state index contributed by atoms with van der Waals surface area (Å²) in [6.07, 6.45) is 0. The fourth-order valence-corrected chi connectivity index (χ4v) is 4.18. The van der Waals surface area contributed by atoms with Crippen LogP contribution in [0.25, 0.3) is 0 Å². The molecule has 1 aromatic rings. The predicted molar refractivity (Wildman–Crippen MR) is 70.3 cm³/mol. The van der Waals surface area contributed by atoms with Crippen molar-refractivity contribution in [1.82, 2.24) is 5.32 Å². The van der Waals surface area contributed by atoms with Gasteiger partial charge in [-0.25, -0.2) is 8.42 Å². The number of fused-ring (bicyclic) bond motifs is 1. The van der Waals surface area contributed by atoms with Crippen LogP contribution < -0.4 is 5.32 Å². The summed E-state index contributed by atoms with van der Waals surface area (Å²) in [4.78, 5) is 0.454. The van der Waals surface area contributed by atoms with Crippen LogP contribution in [0.2, 0.25) is 0 Å². The molecule has 4 nitrogen and oxygen atoms in total. The van der Waals surface area contributed by atoms with Gasteiger partial charge in [0.25, 0.3) is 0 Å². The van der Waals surface area contributed by atoms with E-state index >= 15 is 0 Å². The number of benzene rings is 1. The van der Waals surface area contributed by atoms with E-state index in [2.05, 4.69) is 5.32 Å². The summed E-state index contributed by atoms with van der Waals surface area (Å²) >= 11 is 0. The molecule has 100 valence electrons. The van der Waals surface area contributed by atoms with Gasteiger partial charge in [-0.15, -0.1) is 0 Å². The van der Waals surface area contributed by atoms with Gasteiger partial charge >= 0.3 is 0 Å². The first-order valence-electron chi connectivity index (χ1n) is 5.94. The summed E-state index contributed by atoms with van der Waals surface area (Å²) in [5.74, 6) is 0.124. The molecule has 5 heteroatoms. The van der Waals surface area contributed by atoms with Gasteiger partial charge in [0.15, 0.2) is 9.84 Å². The fourth-order valence-electron chi connectivity index (χ4n) is 2.44. The predicted octanol–water partition coefficient (Wildman–Crippen LogP) is 1.53. The molecule has 1 aliphatic heterocycles. The third-order valence-electron chi connectivity index (χ3n) is 3.09. The maximum absolute atomic E-state index is 12.0. The van der Waals surface area contributed by atoms with Crippen LogP contribution in [0.3, 0.4) is 0 Å². The van der Waals surface area contributed by atoms with Gasteiger partial charge in [-0.05, 0) is 25.5 Å². The highest BCUT2D eigenvalue weighted by molar-refractivity contribution is 7.91. The van der Waals surface area contributed by atoms with E-state index in [1.54, 1.807) is 19.2 Å². The topological polar surface area (TPSA) is 55.4 Å². The molecule has 1 heterocycles. The maximum Gasteiger partial charge on any atom is 0.180 e. The number of hydrogen-bond acceptors (Lipinski definition) is 4. The molecule has 1 unspecified atom stereocenters. The Morgan fingerprint density at radius 2 is 2.06 bits per heavy atom. The molecule has 0 amide bonds. The summed E-state index contributed by atoms with van der Waals surface area (Å²) in [5, 5.41) is 3.36. The molecular formula is C13H19NO3S. The zero-order valence-electron chi connectivity index (χ0n) is 10.9. The van der Waals surface area contributed by atoms with Gasteiger partial charge in [0.1, 0.15) is 0 Å². The Balaban J connectivity index is 2.29. The molecule has 1 aliphatic rings. The van der Waals surface area contributed by atoms with Crippen LogP contribution in [0.15, 0.2) is 29.2 Å². The normalized spacial score (nSPS) is 21.8. The standard InChI is InChI=1S/C13H19NO3S/c1-13(2,9-17-3)14-11-8-18(15,16)12-7-5-4-6-10(11)12/h4-7,11,14H,8-9H2,1-3H3.